The predicted octanol–water partition coefficient (Wildman–Crippen LogP) is 3.45. The average molecular weight is 272 g/mol. The molecule has 0 saturated heterocycles. The van der Waals surface area contributed by atoms with Crippen molar-refractivity contribution < 1.29 is 13.2 Å². The lowest BCUT2D eigenvalue weighted by Crippen LogP contribution is -2.45. The second-order valence-corrected chi connectivity index (χ2v) is 5.36. The smallest absolute Gasteiger partial charge is 0.399 e. The number of hydrogen-bond donors (Lipinski definition) is 2. The van der Waals surface area contributed by atoms with Crippen molar-refractivity contribution in [2.75, 3.05) is 12.3 Å². The van der Waals surface area contributed by atoms with Gasteiger partial charge >= 0.3 is 6.18 Å². The molecule has 0 spiro atoms. The zero-order valence-electron chi connectivity index (χ0n) is 10.9. The van der Waals surface area contributed by atoms with Crippen LogP contribution in [-0.4, -0.2) is 18.3 Å². The molecule has 106 valence electrons. The van der Waals surface area contributed by atoms with Crippen LogP contribution in [0, 0.1) is 0 Å². The molecule has 0 amide bonds. The lowest BCUT2D eigenvalue weighted by Gasteiger charge is -2.22. The van der Waals surface area contributed by atoms with Crippen LogP contribution in [0.5, 0.6) is 0 Å². The van der Waals surface area contributed by atoms with Gasteiger partial charge in [0.1, 0.15) is 5.54 Å². The summed E-state index contributed by atoms with van der Waals surface area (Å²) in [6, 6.07) is 7.49. The molecule has 1 saturated carbocycles. The third-order valence-corrected chi connectivity index (χ3v) is 3.84. The van der Waals surface area contributed by atoms with Crippen molar-refractivity contribution in [2.45, 2.75) is 43.8 Å². The molecular formula is C14H19F3N2. The zero-order chi connectivity index (χ0) is 14.1. The molecular weight excluding hydrogens is 253 g/mol. The van der Waals surface area contributed by atoms with Gasteiger partial charge in [0, 0.05) is 5.69 Å². The van der Waals surface area contributed by atoms with Crippen LogP contribution in [0.4, 0.5) is 18.9 Å². The van der Waals surface area contributed by atoms with Gasteiger partial charge in [0.05, 0.1) is 0 Å². The molecule has 1 aromatic rings. The van der Waals surface area contributed by atoms with Gasteiger partial charge in [-0.3, -0.25) is 0 Å². The van der Waals surface area contributed by atoms with Crippen LogP contribution in [-0.2, 0) is 0 Å². The summed E-state index contributed by atoms with van der Waals surface area (Å²) in [5.74, 6) is 0.220. The van der Waals surface area contributed by atoms with E-state index in [1.807, 2.05) is 31.2 Å². The molecule has 1 unspecified atom stereocenters. The van der Waals surface area contributed by atoms with Crippen LogP contribution in [0.25, 0.3) is 0 Å². The van der Waals surface area contributed by atoms with E-state index in [2.05, 4.69) is 5.32 Å². The molecule has 1 aliphatic rings. The zero-order valence-corrected chi connectivity index (χ0v) is 10.9. The highest BCUT2D eigenvalue weighted by atomic mass is 19.4. The first-order valence-electron chi connectivity index (χ1n) is 6.51. The topological polar surface area (TPSA) is 38.0 Å². The third kappa shape index (κ3) is 3.21. The maximum absolute atomic E-state index is 12.7. The molecule has 3 N–H and O–H groups in total. The quantitative estimate of drug-likeness (QED) is 0.806. The molecule has 5 heteroatoms. The van der Waals surface area contributed by atoms with E-state index in [0.29, 0.717) is 18.7 Å². The molecule has 1 atom stereocenters. The standard InChI is InChI=1S/C14H19F3N2/c1-10(11-2-4-12(18)5-3-11)6-9-19-13(7-8-13)14(15,16)17/h2-5,10,19H,6-9,18H2,1H3. The molecule has 0 radical (unpaired) electrons. The molecule has 1 fully saturated rings. The van der Waals surface area contributed by atoms with Gasteiger partial charge in [-0.2, -0.15) is 13.2 Å². The number of nitrogens with two attached hydrogens (primary N) is 1. The van der Waals surface area contributed by atoms with Crippen LogP contribution < -0.4 is 11.1 Å². The van der Waals surface area contributed by atoms with Gasteiger partial charge in [-0.25, -0.2) is 0 Å². The molecule has 2 nitrogen and oxygen atoms in total. The maximum Gasteiger partial charge on any atom is 0.406 e. The van der Waals surface area contributed by atoms with E-state index < -0.39 is 11.7 Å². The summed E-state index contributed by atoms with van der Waals surface area (Å²) in [5.41, 5.74) is 5.80. The van der Waals surface area contributed by atoms with E-state index in [1.165, 1.54) is 0 Å². The first-order chi connectivity index (χ1) is 8.84. The van der Waals surface area contributed by atoms with E-state index in [1.54, 1.807) is 0 Å². The SMILES string of the molecule is CC(CCNC1(C(F)(F)F)CC1)c1ccc(N)cc1. The Hall–Kier alpha value is -1.23. The molecule has 0 aliphatic heterocycles. The number of halogens is 3. The van der Waals surface area contributed by atoms with Crippen LogP contribution in [0.1, 0.15) is 37.7 Å². The minimum atomic E-state index is -4.13. The number of nitrogen functional groups attached to an aromatic ring is 1. The summed E-state index contributed by atoms with van der Waals surface area (Å²) in [4.78, 5) is 0. The second kappa shape index (κ2) is 5.04. The first kappa shape index (κ1) is 14.2. The molecule has 1 aliphatic carbocycles. The minimum absolute atomic E-state index is 0.201. The number of benzene rings is 1. The van der Waals surface area contributed by atoms with Crippen molar-refractivity contribution in [1.29, 1.82) is 0 Å². The number of anilines is 1. The van der Waals surface area contributed by atoms with Gasteiger partial charge in [0.15, 0.2) is 0 Å². The fraction of sp³-hybridized carbons (Fsp3) is 0.571. The molecule has 0 bridgehead atoms. The maximum atomic E-state index is 12.7. The second-order valence-electron chi connectivity index (χ2n) is 5.36. The van der Waals surface area contributed by atoms with E-state index in [9.17, 15) is 13.2 Å². The van der Waals surface area contributed by atoms with Crippen molar-refractivity contribution in [1.82, 2.24) is 5.32 Å². The molecule has 0 heterocycles. The van der Waals surface area contributed by atoms with Crippen LogP contribution in [0.2, 0.25) is 0 Å². The van der Waals surface area contributed by atoms with Crippen molar-refractivity contribution in [3.8, 4) is 0 Å². The van der Waals surface area contributed by atoms with Crippen LogP contribution in [0.15, 0.2) is 24.3 Å². The largest absolute Gasteiger partial charge is 0.406 e. The summed E-state index contributed by atoms with van der Waals surface area (Å²) < 4.78 is 38.1. The Bertz CT molecular complexity index is 421. The molecule has 0 aromatic heterocycles. The lowest BCUT2D eigenvalue weighted by atomic mass is 9.97. The van der Waals surface area contributed by atoms with Crippen LogP contribution in [0.3, 0.4) is 0 Å². The first-order valence-corrected chi connectivity index (χ1v) is 6.51. The predicted molar refractivity (Wildman–Crippen MR) is 69.9 cm³/mol. The van der Waals surface area contributed by atoms with Gasteiger partial charge in [-0.15, -0.1) is 0 Å². The number of nitrogens with one attached hydrogen (secondary N) is 1. The Balaban J connectivity index is 1.82. The fourth-order valence-corrected chi connectivity index (χ4v) is 2.20. The summed E-state index contributed by atoms with van der Waals surface area (Å²) >= 11 is 0. The number of hydrogen-bond acceptors (Lipinski definition) is 2. The van der Waals surface area contributed by atoms with E-state index in [4.69, 9.17) is 5.73 Å². The summed E-state index contributed by atoms with van der Waals surface area (Å²) in [6.07, 6.45) is -3.04. The Morgan fingerprint density at radius 2 is 1.84 bits per heavy atom. The van der Waals surface area contributed by atoms with Gasteiger partial charge < -0.3 is 11.1 Å². The Labute approximate surface area is 111 Å². The minimum Gasteiger partial charge on any atom is -0.399 e. The summed E-state index contributed by atoms with van der Waals surface area (Å²) in [6.45, 7) is 2.39. The van der Waals surface area contributed by atoms with Gasteiger partial charge in [0.25, 0.3) is 0 Å². The van der Waals surface area contributed by atoms with Crippen molar-refractivity contribution in [2.24, 2.45) is 0 Å². The fourth-order valence-electron chi connectivity index (χ4n) is 2.20. The van der Waals surface area contributed by atoms with Gasteiger partial charge in [-0.05, 0) is 49.4 Å². The van der Waals surface area contributed by atoms with Crippen molar-refractivity contribution in [3.05, 3.63) is 29.8 Å². The highest BCUT2D eigenvalue weighted by Crippen LogP contribution is 2.48. The van der Waals surface area contributed by atoms with Gasteiger partial charge in [-0.1, -0.05) is 19.1 Å². The molecule has 2 rings (SSSR count). The highest BCUT2D eigenvalue weighted by Gasteiger charge is 2.62. The van der Waals surface area contributed by atoms with Crippen molar-refractivity contribution >= 4 is 5.69 Å². The summed E-state index contributed by atoms with van der Waals surface area (Å²) in [5, 5.41) is 2.67. The number of alkyl halides is 3. The summed E-state index contributed by atoms with van der Waals surface area (Å²) in [7, 11) is 0. The van der Waals surface area contributed by atoms with E-state index in [0.717, 1.165) is 5.56 Å². The van der Waals surface area contributed by atoms with E-state index in [-0.39, 0.29) is 18.8 Å². The van der Waals surface area contributed by atoms with Gasteiger partial charge in [0.2, 0.25) is 0 Å². The normalized spacial score (nSPS) is 19.2. The molecule has 1 aromatic carbocycles. The Morgan fingerprint density at radius 1 is 1.26 bits per heavy atom. The highest BCUT2D eigenvalue weighted by molar-refractivity contribution is 5.40. The van der Waals surface area contributed by atoms with Crippen LogP contribution >= 0.6 is 0 Å². The Morgan fingerprint density at radius 3 is 2.32 bits per heavy atom. The molecule has 19 heavy (non-hydrogen) atoms. The monoisotopic (exact) mass is 272 g/mol. The third-order valence-electron chi connectivity index (χ3n) is 3.84. The lowest BCUT2D eigenvalue weighted by molar-refractivity contribution is -0.165. The average Bonchev–Trinajstić information content (AvgIpc) is 3.10. The number of rotatable bonds is 5. The van der Waals surface area contributed by atoms with E-state index >= 15 is 0 Å². The Kier molecular flexibility index (Phi) is 3.76. The van der Waals surface area contributed by atoms with Crippen molar-refractivity contribution in [3.63, 3.8) is 0 Å².